The van der Waals surface area contributed by atoms with Crippen molar-refractivity contribution in [2.75, 3.05) is 11.1 Å². The number of imidazole rings is 1. The van der Waals surface area contributed by atoms with Crippen LogP contribution >= 0.6 is 0 Å². The van der Waals surface area contributed by atoms with Crippen LogP contribution in [0.1, 0.15) is 48.4 Å². The van der Waals surface area contributed by atoms with E-state index in [1.54, 1.807) is 0 Å². The summed E-state index contributed by atoms with van der Waals surface area (Å²) in [5.41, 5.74) is 18.5. The highest BCUT2D eigenvalue weighted by molar-refractivity contribution is 5.80. The van der Waals surface area contributed by atoms with Gasteiger partial charge in [-0.2, -0.15) is 0 Å². The minimum absolute atomic E-state index is 0.315. The monoisotopic (exact) mass is 412 g/mol. The van der Waals surface area contributed by atoms with E-state index in [4.69, 9.17) is 16.5 Å². The second-order valence-corrected chi connectivity index (χ2v) is 8.44. The predicted molar refractivity (Wildman–Crippen MR) is 126 cm³/mol. The van der Waals surface area contributed by atoms with Gasteiger partial charge in [-0.15, -0.1) is 5.10 Å². The summed E-state index contributed by atoms with van der Waals surface area (Å²) in [6.45, 7) is 0. The average molecular weight is 413 g/mol. The second kappa shape index (κ2) is 8.40. The molecule has 6 heteroatoms. The highest BCUT2D eigenvalue weighted by Gasteiger charge is 2.24. The second-order valence-electron chi connectivity index (χ2n) is 8.44. The number of nitrogens with zero attached hydrogens (tertiary/aromatic N) is 3. The number of para-hydroxylation sites is 1. The third kappa shape index (κ3) is 4.11. The number of aromatic nitrogens is 3. The van der Waals surface area contributed by atoms with Crippen LogP contribution in [0.5, 0.6) is 0 Å². The van der Waals surface area contributed by atoms with E-state index < -0.39 is 0 Å². The smallest absolute Gasteiger partial charge is 0.178 e. The molecule has 6 nitrogen and oxygen atoms in total. The number of hydrogen-bond donors (Lipinski definition) is 3. The largest absolute Gasteiger partial charge is 0.382 e. The Morgan fingerprint density at radius 3 is 2.32 bits per heavy atom. The fourth-order valence-corrected chi connectivity index (χ4v) is 4.46. The van der Waals surface area contributed by atoms with Crippen molar-refractivity contribution in [3.63, 3.8) is 0 Å². The number of rotatable bonds is 5. The summed E-state index contributed by atoms with van der Waals surface area (Å²) in [5.74, 6) is 0.939. The lowest BCUT2D eigenvalue weighted by Gasteiger charge is -2.24. The van der Waals surface area contributed by atoms with E-state index in [0.29, 0.717) is 24.2 Å². The molecule has 1 saturated carbocycles. The summed E-state index contributed by atoms with van der Waals surface area (Å²) in [5, 5.41) is 8.25. The van der Waals surface area contributed by atoms with Crippen LogP contribution in [0.4, 0.5) is 17.2 Å². The molecular weight excluding hydrogens is 384 g/mol. The molecule has 2 heterocycles. The number of nitrogens with two attached hydrogens (primary N) is 2. The molecular formula is C25H28N6. The van der Waals surface area contributed by atoms with Gasteiger partial charge in [-0.25, -0.2) is 9.50 Å². The van der Waals surface area contributed by atoms with E-state index in [1.807, 2.05) is 59.2 Å². The maximum Gasteiger partial charge on any atom is 0.178 e. The van der Waals surface area contributed by atoms with Crippen LogP contribution < -0.4 is 16.8 Å². The minimum atomic E-state index is 0.315. The summed E-state index contributed by atoms with van der Waals surface area (Å²) in [6.07, 6.45) is 6.95. The third-order valence-electron chi connectivity index (χ3n) is 6.21. The van der Waals surface area contributed by atoms with Crippen LogP contribution in [0.15, 0.2) is 66.9 Å². The first-order valence-electron chi connectivity index (χ1n) is 11.0. The van der Waals surface area contributed by atoms with Crippen molar-refractivity contribution in [1.29, 1.82) is 0 Å². The molecule has 0 unspecified atom stereocenters. The van der Waals surface area contributed by atoms with Crippen molar-refractivity contribution in [1.82, 2.24) is 14.6 Å². The Morgan fingerprint density at radius 1 is 0.935 bits per heavy atom. The number of fused-ring (bicyclic) bond motifs is 1. The fraction of sp³-hybridized carbons (Fsp3) is 0.280. The van der Waals surface area contributed by atoms with E-state index in [9.17, 15) is 0 Å². The van der Waals surface area contributed by atoms with Crippen LogP contribution in [0, 0.1) is 0 Å². The van der Waals surface area contributed by atoms with Gasteiger partial charge in [-0.1, -0.05) is 48.5 Å². The molecule has 4 aromatic rings. The Bertz CT molecular complexity index is 1160. The minimum Gasteiger partial charge on any atom is -0.382 e. The molecule has 0 aliphatic heterocycles. The van der Waals surface area contributed by atoms with Crippen molar-refractivity contribution < 1.29 is 0 Å². The molecule has 0 amide bonds. The van der Waals surface area contributed by atoms with Crippen molar-refractivity contribution in [2.45, 2.75) is 44.1 Å². The normalized spacial score (nSPS) is 18.9. The molecule has 2 aromatic carbocycles. The highest BCUT2D eigenvalue weighted by atomic mass is 15.3. The maximum absolute atomic E-state index is 6.48. The predicted octanol–water partition coefficient (Wildman–Crippen LogP) is 4.63. The van der Waals surface area contributed by atoms with Crippen molar-refractivity contribution in [3.05, 3.63) is 83.7 Å². The molecule has 1 aliphatic rings. The zero-order valence-electron chi connectivity index (χ0n) is 17.5. The van der Waals surface area contributed by atoms with E-state index in [1.165, 1.54) is 5.56 Å². The zero-order chi connectivity index (χ0) is 21.2. The fourth-order valence-electron chi connectivity index (χ4n) is 4.46. The number of hydrogen-bond acceptors (Lipinski definition) is 5. The topological polar surface area (TPSA) is 94.3 Å². The Kier molecular flexibility index (Phi) is 5.30. The summed E-state index contributed by atoms with van der Waals surface area (Å²) >= 11 is 0. The molecule has 0 spiro atoms. The molecule has 0 radical (unpaired) electrons. The molecule has 0 bridgehead atoms. The Balaban J connectivity index is 1.60. The molecule has 5 rings (SSSR count). The molecule has 158 valence electrons. The first-order chi connectivity index (χ1) is 15.2. The molecule has 0 atom stereocenters. The maximum atomic E-state index is 6.48. The van der Waals surface area contributed by atoms with Crippen molar-refractivity contribution in [2.24, 2.45) is 5.73 Å². The van der Waals surface area contributed by atoms with E-state index in [-0.39, 0.29) is 0 Å². The summed E-state index contributed by atoms with van der Waals surface area (Å²) in [7, 11) is 0. The van der Waals surface area contributed by atoms with Gasteiger partial charge in [0.2, 0.25) is 0 Å². The quantitative estimate of drug-likeness (QED) is 0.444. The first-order valence-corrected chi connectivity index (χ1v) is 11.0. The van der Waals surface area contributed by atoms with Crippen LogP contribution in [0.3, 0.4) is 0 Å². The van der Waals surface area contributed by atoms with Gasteiger partial charge in [-0.05, 0) is 43.4 Å². The third-order valence-corrected chi connectivity index (χ3v) is 6.21. The summed E-state index contributed by atoms with van der Waals surface area (Å²) in [4.78, 5) is 5.04. The van der Waals surface area contributed by atoms with Gasteiger partial charge in [0, 0.05) is 29.6 Å². The Hall–Kier alpha value is -3.38. The van der Waals surface area contributed by atoms with Crippen molar-refractivity contribution >= 4 is 22.8 Å². The Morgan fingerprint density at radius 2 is 1.61 bits per heavy atom. The number of benzene rings is 2. The molecule has 5 N–H and O–H groups in total. The Labute approximate surface area is 182 Å². The van der Waals surface area contributed by atoms with Gasteiger partial charge in [0.1, 0.15) is 5.82 Å². The van der Waals surface area contributed by atoms with Crippen LogP contribution in [-0.2, 0) is 6.42 Å². The SMILES string of the molecule is Nc1nn2cc([C@H]3CC[C@H](N)CC3)nc2c(Nc2ccccc2)c1Cc1ccccc1. The number of nitrogens with one attached hydrogen (secondary N) is 1. The van der Waals surface area contributed by atoms with Crippen LogP contribution in [0.25, 0.3) is 5.65 Å². The summed E-state index contributed by atoms with van der Waals surface area (Å²) < 4.78 is 1.83. The first kappa shape index (κ1) is 19.6. The zero-order valence-corrected chi connectivity index (χ0v) is 17.5. The van der Waals surface area contributed by atoms with Crippen LogP contribution in [-0.4, -0.2) is 20.6 Å². The molecule has 1 fully saturated rings. The average Bonchev–Trinajstić information content (AvgIpc) is 3.22. The lowest BCUT2D eigenvalue weighted by Crippen LogP contribution is -2.25. The molecule has 31 heavy (non-hydrogen) atoms. The van der Waals surface area contributed by atoms with E-state index in [2.05, 4.69) is 22.5 Å². The molecule has 1 aliphatic carbocycles. The molecule has 0 saturated heterocycles. The van der Waals surface area contributed by atoms with Gasteiger partial charge in [0.15, 0.2) is 5.65 Å². The van der Waals surface area contributed by atoms with Gasteiger partial charge < -0.3 is 16.8 Å². The highest BCUT2D eigenvalue weighted by Crippen LogP contribution is 2.35. The van der Waals surface area contributed by atoms with Crippen molar-refractivity contribution in [3.8, 4) is 0 Å². The van der Waals surface area contributed by atoms with Crippen LogP contribution in [0.2, 0.25) is 0 Å². The van der Waals surface area contributed by atoms with E-state index >= 15 is 0 Å². The van der Waals surface area contributed by atoms with Gasteiger partial charge in [0.25, 0.3) is 0 Å². The number of anilines is 3. The lowest BCUT2D eigenvalue weighted by atomic mass is 9.85. The standard InChI is InChI=1S/C25H28N6/c26-19-13-11-18(12-14-19)22-16-31-25(29-22)23(28-20-9-5-2-6-10-20)21(24(27)30-31)15-17-7-3-1-4-8-17/h1-10,16,18-19,28H,11-15,26H2,(H2,27,30)/t18-,19-. The number of nitrogen functional groups attached to an aromatic ring is 1. The van der Waals surface area contributed by atoms with Gasteiger partial charge in [0.05, 0.1) is 17.6 Å². The van der Waals surface area contributed by atoms with E-state index in [0.717, 1.165) is 54.0 Å². The lowest BCUT2D eigenvalue weighted by molar-refractivity contribution is 0.391. The molecule has 2 aromatic heterocycles. The van der Waals surface area contributed by atoms with Gasteiger partial charge >= 0.3 is 0 Å². The van der Waals surface area contributed by atoms with Gasteiger partial charge in [-0.3, -0.25) is 0 Å². The summed E-state index contributed by atoms with van der Waals surface area (Å²) in [6, 6.07) is 20.8.